The second-order valence-electron chi connectivity index (χ2n) is 5.86. The van der Waals surface area contributed by atoms with E-state index in [1.54, 1.807) is 6.26 Å². The summed E-state index contributed by atoms with van der Waals surface area (Å²) in [5.41, 5.74) is 2.52. The van der Waals surface area contributed by atoms with Crippen LogP contribution in [0.5, 0.6) is 0 Å². The van der Waals surface area contributed by atoms with Gasteiger partial charge in [0, 0.05) is 25.3 Å². The van der Waals surface area contributed by atoms with Crippen molar-refractivity contribution in [2.45, 2.75) is 18.9 Å². The second-order valence-corrected chi connectivity index (χ2v) is 5.86. The van der Waals surface area contributed by atoms with Crippen LogP contribution in [0.2, 0.25) is 0 Å². The number of rotatable bonds is 5. The van der Waals surface area contributed by atoms with Gasteiger partial charge < -0.3 is 19.7 Å². The lowest BCUT2D eigenvalue weighted by Gasteiger charge is -2.32. The number of nitrogens with one attached hydrogen (secondary N) is 1. The van der Waals surface area contributed by atoms with Gasteiger partial charge in [0.2, 0.25) is 0 Å². The summed E-state index contributed by atoms with van der Waals surface area (Å²) in [5.74, 6) is 0.817. The van der Waals surface area contributed by atoms with Crippen LogP contribution < -0.4 is 10.2 Å². The number of nitriles is 1. The number of furan rings is 1. The number of aliphatic hydroxyl groups is 1. The highest BCUT2D eigenvalue weighted by Crippen LogP contribution is 2.26. The van der Waals surface area contributed by atoms with Crippen LogP contribution in [0.4, 0.5) is 11.4 Å². The molecule has 24 heavy (non-hydrogen) atoms. The van der Waals surface area contributed by atoms with Crippen LogP contribution in [0.1, 0.15) is 24.2 Å². The predicted octanol–water partition coefficient (Wildman–Crippen LogP) is 3.24. The lowest BCUT2D eigenvalue weighted by molar-refractivity contribution is 0.145. The minimum atomic E-state index is -0.214. The van der Waals surface area contributed by atoms with E-state index in [1.165, 1.54) is 0 Å². The summed E-state index contributed by atoms with van der Waals surface area (Å²) < 4.78 is 5.23. The summed E-state index contributed by atoms with van der Waals surface area (Å²) in [6, 6.07) is 11.9. The maximum atomic E-state index is 9.62. The van der Waals surface area contributed by atoms with Crippen LogP contribution in [0, 0.1) is 11.3 Å². The highest BCUT2D eigenvalue weighted by atomic mass is 16.3. The number of hydrogen-bond acceptors (Lipinski definition) is 5. The maximum Gasteiger partial charge on any atom is 0.126 e. The van der Waals surface area contributed by atoms with E-state index in [9.17, 15) is 10.4 Å². The molecule has 1 aliphatic heterocycles. The monoisotopic (exact) mass is 323 g/mol. The van der Waals surface area contributed by atoms with Crippen molar-refractivity contribution in [3.05, 3.63) is 54.0 Å². The molecule has 5 heteroatoms. The van der Waals surface area contributed by atoms with E-state index in [1.807, 2.05) is 42.5 Å². The Hall–Kier alpha value is -2.71. The average Bonchev–Trinajstić information content (AvgIpc) is 3.13. The van der Waals surface area contributed by atoms with E-state index in [-0.39, 0.29) is 6.10 Å². The van der Waals surface area contributed by atoms with Crippen LogP contribution >= 0.6 is 0 Å². The van der Waals surface area contributed by atoms with Crippen molar-refractivity contribution in [1.82, 2.24) is 0 Å². The molecule has 1 fully saturated rings. The molecular formula is C19H21N3O2. The summed E-state index contributed by atoms with van der Waals surface area (Å²) in [6.45, 7) is 2.23. The Bertz CT molecular complexity index is 724. The van der Waals surface area contributed by atoms with Gasteiger partial charge in [0.1, 0.15) is 11.8 Å². The van der Waals surface area contributed by atoms with Crippen LogP contribution in [0.15, 0.2) is 47.1 Å². The number of hydrogen-bond donors (Lipinski definition) is 2. The van der Waals surface area contributed by atoms with Crippen LogP contribution in [-0.2, 0) is 0 Å². The molecular weight excluding hydrogens is 302 g/mol. The van der Waals surface area contributed by atoms with Gasteiger partial charge in [-0.3, -0.25) is 0 Å². The molecule has 0 aliphatic carbocycles. The molecule has 1 aromatic heterocycles. The topological polar surface area (TPSA) is 72.4 Å². The Morgan fingerprint density at radius 3 is 2.88 bits per heavy atom. The molecule has 3 rings (SSSR count). The lowest BCUT2D eigenvalue weighted by atomic mass is 10.0. The molecule has 0 saturated carbocycles. The van der Waals surface area contributed by atoms with Gasteiger partial charge in [-0.15, -0.1) is 0 Å². The van der Waals surface area contributed by atoms with Gasteiger partial charge in [0.15, 0.2) is 0 Å². The summed E-state index contributed by atoms with van der Waals surface area (Å²) in [7, 11) is 0. The van der Waals surface area contributed by atoms with Crippen molar-refractivity contribution in [3.8, 4) is 6.07 Å². The molecule has 0 amide bonds. The first-order valence-corrected chi connectivity index (χ1v) is 8.17. The number of benzene rings is 1. The SMILES string of the molecule is N#Cc1cc(NC/C=C/c2ccco2)ccc1N1CCC(O)CC1. The van der Waals surface area contributed by atoms with Gasteiger partial charge in [-0.1, -0.05) is 6.08 Å². The van der Waals surface area contributed by atoms with Crippen LogP contribution in [-0.4, -0.2) is 30.8 Å². The fourth-order valence-electron chi connectivity index (χ4n) is 2.86. The minimum absolute atomic E-state index is 0.214. The number of nitrogens with zero attached hydrogens (tertiary/aromatic N) is 2. The zero-order chi connectivity index (χ0) is 16.8. The number of piperidine rings is 1. The minimum Gasteiger partial charge on any atom is -0.465 e. The molecule has 1 aromatic carbocycles. The summed E-state index contributed by atoms with van der Waals surface area (Å²) >= 11 is 0. The molecule has 1 saturated heterocycles. The Labute approximate surface area is 141 Å². The van der Waals surface area contributed by atoms with Crippen molar-refractivity contribution in [1.29, 1.82) is 5.26 Å². The Kier molecular flexibility index (Phi) is 5.19. The van der Waals surface area contributed by atoms with Crippen molar-refractivity contribution in [3.63, 3.8) is 0 Å². The van der Waals surface area contributed by atoms with Crippen molar-refractivity contribution < 1.29 is 9.52 Å². The first kappa shape index (κ1) is 16.2. The van der Waals surface area contributed by atoms with Crippen molar-refractivity contribution in [2.24, 2.45) is 0 Å². The third-order valence-corrected chi connectivity index (χ3v) is 4.17. The van der Waals surface area contributed by atoms with Crippen molar-refractivity contribution in [2.75, 3.05) is 29.9 Å². The van der Waals surface area contributed by atoms with Crippen molar-refractivity contribution >= 4 is 17.5 Å². The fourth-order valence-corrected chi connectivity index (χ4v) is 2.86. The normalized spacial score (nSPS) is 15.6. The summed E-state index contributed by atoms with van der Waals surface area (Å²) in [4.78, 5) is 2.17. The molecule has 0 radical (unpaired) electrons. The van der Waals surface area contributed by atoms with E-state index < -0.39 is 0 Å². The highest BCUT2D eigenvalue weighted by Gasteiger charge is 2.19. The van der Waals surface area contributed by atoms with Gasteiger partial charge in [0.05, 0.1) is 23.6 Å². The van der Waals surface area contributed by atoms with Gasteiger partial charge in [-0.2, -0.15) is 5.26 Å². The third-order valence-electron chi connectivity index (χ3n) is 4.17. The smallest absolute Gasteiger partial charge is 0.126 e. The first-order valence-electron chi connectivity index (χ1n) is 8.17. The highest BCUT2D eigenvalue weighted by molar-refractivity contribution is 5.66. The van der Waals surface area contributed by atoms with Crippen LogP contribution in [0.3, 0.4) is 0 Å². The molecule has 2 N–H and O–H groups in total. The molecule has 0 bridgehead atoms. The molecule has 2 heterocycles. The van der Waals surface area contributed by atoms with Gasteiger partial charge in [0.25, 0.3) is 0 Å². The molecule has 2 aromatic rings. The quantitative estimate of drug-likeness (QED) is 0.884. The fraction of sp³-hybridized carbons (Fsp3) is 0.316. The molecule has 124 valence electrons. The third kappa shape index (κ3) is 3.98. The van der Waals surface area contributed by atoms with E-state index in [2.05, 4.69) is 16.3 Å². The van der Waals surface area contributed by atoms with E-state index >= 15 is 0 Å². The summed E-state index contributed by atoms with van der Waals surface area (Å²) in [5, 5.41) is 22.3. The largest absolute Gasteiger partial charge is 0.465 e. The average molecular weight is 323 g/mol. The summed E-state index contributed by atoms with van der Waals surface area (Å²) in [6.07, 6.45) is 6.82. The van der Waals surface area contributed by atoms with Gasteiger partial charge in [-0.25, -0.2) is 0 Å². The second kappa shape index (κ2) is 7.71. The standard InChI is InChI=1S/C19H21N3O2/c20-14-15-13-16(21-9-1-3-18-4-2-12-24-18)5-6-19(15)22-10-7-17(23)8-11-22/h1-6,12-13,17,21,23H,7-11H2/b3-1+. The van der Waals surface area contributed by atoms with Gasteiger partial charge in [-0.05, 0) is 49.2 Å². The predicted molar refractivity (Wildman–Crippen MR) is 94.8 cm³/mol. The Balaban J connectivity index is 1.62. The maximum absolute atomic E-state index is 9.62. The number of anilines is 2. The molecule has 1 aliphatic rings. The molecule has 0 unspecified atom stereocenters. The number of aliphatic hydroxyl groups excluding tert-OH is 1. The lowest BCUT2D eigenvalue weighted by Crippen LogP contribution is -2.36. The molecule has 5 nitrogen and oxygen atoms in total. The van der Waals surface area contributed by atoms with E-state index in [0.717, 1.165) is 43.1 Å². The zero-order valence-corrected chi connectivity index (χ0v) is 13.5. The van der Waals surface area contributed by atoms with Gasteiger partial charge >= 0.3 is 0 Å². The Morgan fingerprint density at radius 2 is 2.17 bits per heavy atom. The van der Waals surface area contributed by atoms with E-state index in [4.69, 9.17) is 4.42 Å². The zero-order valence-electron chi connectivity index (χ0n) is 13.5. The molecule has 0 atom stereocenters. The first-order chi connectivity index (χ1) is 11.8. The van der Waals surface area contributed by atoms with E-state index in [0.29, 0.717) is 12.1 Å². The van der Waals surface area contributed by atoms with Crippen LogP contribution in [0.25, 0.3) is 6.08 Å². The Morgan fingerprint density at radius 1 is 1.33 bits per heavy atom. The molecule has 0 spiro atoms.